The fourth-order valence-electron chi connectivity index (χ4n) is 2.43. The third kappa shape index (κ3) is 3.64. The average molecular weight is 352 g/mol. The van der Waals surface area contributed by atoms with Crippen LogP contribution in [-0.2, 0) is 4.79 Å². The first kappa shape index (κ1) is 17.0. The third-order valence-corrected chi connectivity index (χ3v) is 4.66. The molecule has 2 aromatic rings. The molecule has 1 fully saturated rings. The molecule has 0 aromatic heterocycles. The molecule has 25 heavy (non-hydrogen) atoms. The average Bonchev–Trinajstić information content (AvgIpc) is 2.90. The van der Waals surface area contributed by atoms with Crippen molar-refractivity contribution in [3.63, 3.8) is 0 Å². The van der Waals surface area contributed by atoms with Crippen LogP contribution in [0.3, 0.4) is 0 Å². The van der Waals surface area contributed by atoms with Gasteiger partial charge in [0, 0.05) is 6.54 Å². The summed E-state index contributed by atoms with van der Waals surface area (Å²) >= 11 is 1.26. The summed E-state index contributed by atoms with van der Waals surface area (Å²) in [5.74, 6) is -1.17. The topological polar surface area (TPSA) is 70.0 Å². The maximum absolute atomic E-state index is 12.6. The predicted molar refractivity (Wildman–Crippen MR) is 99.9 cm³/mol. The number of carbonyl (C=O) groups is 2. The lowest BCUT2D eigenvalue weighted by molar-refractivity contribution is -0.122. The number of carboxylic acid groups (broad SMARTS) is 1. The maximum Gasteiger partial charge on any atom is 0.337 e. The monoisotopic (exact) mass is 352 g/mol. The standard InChI is InChI=1S/C19H16N2O3S/c1-2-21-17(22)16(12-13-8-4-3-5-9-13)25-19(21)20-15-11-7-6-10-14(15)18(23)24/h3-12H,2H2,1H3,(H,23,24)/b16-12-,20-19?. The number of hydrogen-bond acceptors (Lipinski definition) is 4. The molecule has 1 amide bonds. The zero-order valence-corrected chi connectivity index (χ0v) is 14.4. The molecule has 5 nitrogen and oxygen atoms in total. The van der Waals surface area contributed by atoms with Crippen molar-refractivity contribution in [2.75, 3.05) is 6.54 Å². The molecular weight excluding hydrogens is 336 g/mol. The van der Waals surface area contributed by atoms with Crippen molar-refractivity contribution < 1.29 is 14.7 Å². The number of aliphatic imine (C=N–C) groups is 1. The second-order valence-electron chi connectivity index (χ2n) is 5.29. The highest BCUT2D eigenvalue weighted by Gasteiger charge is 2.32. The van der Waals surface area contributed by atoms with Crippen molar-refractivity contribution in [2.24, 2.45) is 4.99 Å². The van der Waals surface area contributed by atoms with Gasteiger partial charge in [-0.05, 0) is 42.5 Å². The van der Waals surface area contributed by atoms with Crippen molar-refractivity contribution >= 4 is 40.6 Å². The Labute approximate surface area is 149 Å². The highest BCUT2D eigenvalue weighted by atomic mass is 32.2. The van der Waals surface area contributed by atoms with Gasteiger partial charge < -0.3 is 5.11 Å². The first-order chi connectivity index (χ1) is 12.1. The van der Waals surface area contributed by atoms with E-state index in [1.807, 2.05) is 43.3 Å². The van der Waals surface area contributed by atoms with Gasteiger partial charge >= 0.3 is 5.97 Å². The number of hydrogen-bond donors (Lipinski definition) is 1. The molecule has 6 heteroatoms. The molecule has 0 bridgehead atoms. The summed E-state index contributed by atoms with van der Waals surface area (Å²) < 4.78 is 0. The first-order valence-electron chi connectivity index (χ1n) is 7.77. The third-order valence-electron chi connectivity index (χ3n) is 3.65. The van der Waals surface area contributed by atoms with Crippen molar-refractivity contribution in [2.45, 2.75) is 6.92 Å². The molecule has 0 spiro atoms. The first-order valence-corrected chi connectivity index (χ1v) is 8.59. The van der Waals surface area contributed by atoms with Crippen LogP contribution in [0.4, 0.5) is 5.69 Å². The van der Waals surface area contributed by atoms with E-state index in [9.17, 15) is 14.7 Å². The SMILES string of the molecule is CCN1C(=O)/C(=C/c2ccccc2)SC1=Nc1ccccc1C(=O)O. The van der Waals surface area contributed by atoms with Crippen LogP contribution >= 0.6 is 11.8 Å². The van der Waals surface area contributed by atoms with Gasteiger partial charge in [-0.3, -0.25) is 9.69 Å². The smallest absolute Gasteiger partial charge is 0.337 e. The summed E-state index contributed by atoms with van der Waals surface area (Å²) in [4.78, 5) is 30.5. The minimum Gasteiger partial charge on any atom is -0.478 e. The summed E-state index contributed by atoms with van der Waals surface area (Å²) in [5.41, 5.74) is 1.38. The summed E-state index contributed by atoms with van der Waals surface area (Å²) in [6, 6.07) is 16.1. The number of thioether (sulfide) groups is 1. The Morgan fingerprint density at radius 1 is 1.16 bits per heavy atom. The number of rotatable bonds is 4. The molecule has 1 heterocycles. The molecule has 3 rings (SSSR count). The Kier molecular flexibility index (Phi) is 5.00. The van der Waals surface area contributed by atoms with Crippen molar-refractivity contribution in [3.8, 4) is 0 Å². The van der Waals surface area contributed by atoms with Crippen LogP contribution in [-0.4, -0.2) is 33.6 Å². The van der Waals surface area contributed by atoms with Crippen LogP contribution in [0.15, 0.2) is 64.5 Å². The zero-order valence-electron chi connectivity index (χ0n) is 13.5. The van der Waals surface area contributed by atoms with Gasteiger partial charge in [-0.15, -0.1) is 0 Å². The minimum absolute atomic E-state index is 0.111. The second-order valence-corrected chi connectivity index (χ2v) is 6.30. The number of nitrogens with zero attached hydrogens (tertiary/aromatic N) is 2. The molecule has 2 aromatic carbocycles. The van der Waals surface area contributed by atoms with E-state index in [0.29, 0.717) is 22.3 Å². The van der Waals surface area contributed by atoms with Crippen molar-refractivity contribution in [1.82, 2.24) is 4.90 Å². The molecule has 0 atom stereocenters. The fourth-order valence-corrected chi connectivity index (χ4v) is 3.48. The maximum atomic E-state index is 12.6. The molecule has 0 saturated carbocycles. The number of carbonyl (C=O) groups excluding carboxylic acids is 1. The van der Waals surface area contributed by atoms with Gasteiger partial charge in [-0.1, -0.05) is 42.5 Å². The number of benzene rings is 2. The van der Waals surface area contributed by atoms with E-state index < -0.39 is 5.97 Å². The Hall–Kier alpha value is -2.86. The van der Waals surface area contributed by atoms with Gasteiger partial charge in [0.25, 0.3) is 5.91 Å². The normalized spacial score (nSPS) is 17.5. The van der Waals surface area contributed by atoms with Gasteiger partial charge in [0.2, 0.25) is 0 Å². The highest BCUT2D eigenvalue weighted by Crippen LogP contribution is 2.34. The number of amidine groups is 1. The fraction of sp³-hybridized carbons (Fsp3) is 0.105. The summed E-state index contributed by atoms with van der Waals surface area (Å²) in [5, 5.41) is 9.78. The lowest BCUT2D eigenvalue weighted by Gasteiger charge is -2.12. The van der Waals surface area contributed by atoms with E-state index in [-0.39, 0.29) is 11.5 Å². The van der Waals surface area contributed by atoms with E-state index in [0.717, 1.165) is 5.56 Å². The van der Waals surface area contributed by atoms with Gasteiger partial charge in [0.15, 0.2) is 5.17 Å². The number of likely N-dealkylation sites (N-methyl/N-ethyl adjacent to an activating group) is 1. The summed E-state index contributed by atoms with van der Waals surface area (Å²) in [6.07, 6.45) is 1.82. The number of para-hydroxylation sites is 1. The predicted octanol–water partition coefficient (Wildman–Crippen LogP) is 4.01. The van der Waals surface area contributed by atoms with E-state index in [1.54, 1.807) is 23.1 Å². The summed E-state index contributed by atoms with van der Waals surface area (Å²) in [6.45, 7) is 2.33. The largest absolute Gasteiger partial charge is 0.478 e. The van der Waals surface area contributed by atoms with Gasteiger partial charge in [0.05, 0.1) is 16.2 Å². The molecule has 126 valence electrons. The molecule has 1 saturated heterocycles. The molecule has 0 unspecified atom stereocenters. The number of aromatic carboxylic acids is 1. The molecular formula is C19H16N2O3S. The van der Waals surface area contributed by atoms with Crippen LogP contribution < -0.4 is 0 Å². The highest BCUT2D eigenvalue weighted by molar-refractivity contribution is 8.18. The Balaban J connectivity index is 1.99. The summed E-state index contributed by atoms with van der Waals surface area (Å²) in [7, 11) is 0. The van der Waals surface area contributed by atoms with Crippen molar-refractivity contribution in [1.29, 1.82) is 0 Å². The lowest BCUT2D eigenvalue weighted by Crippen LogP contribution is -2.28. The van der Waals surface area contributed by atoms with Crippen molar-refractivity contribution in [3.05, 3.63) is 70.6 Å². The number of carboxylic acids is 1. The van der Waals surface area contributed by atoms with E-state index in [2.05, 4.69) is 4.99 Å². The van der Waals surface area contributed by atoms with Crippen LogP contribution in [0.1, 0.15) is 22.8 Å². The Bertz CT molecular complexity index is 875. The van der Waals surface area contributed by atoms with Crippen LogP contribution in [0.2, 0.25) is 0 Å². The Morgan fingerprint density at radius 2 is 1.84 bits per heavy atom. The molecule has 0 radical (unpaired) electrons. The molecule has 0 aliphatic carbocycles. The lowest BCUT2D eigenvalue weighted by atomic mass is 10.2. The van der Waals surface area contributed by atoms with E-state index in [1.165, 1.54) is 17.8 Å². The van der Waals surface area contributed by atoms with Crippen LogP contribution in [0.25, 0.3) is 6.08 Å². The van der Waals surface area contributed by atoms with Gasteiger partial charge in [-0.25, -0.2) is 9.79 Å². The minimum atomic E-state index is -1.04. The second kappa shape index (κ2) is 7.36. The zero-order chi connectivity index (χ0) is 17.8. The Morgan fingerprint density at radius 3 is 2.52 bits per heavy atom. The van der Waals surface area contributed by atoms with E-state index >= 15 is 0 Å². The number of amides is 1. The molecule has 1 aliphatic heterocycles. The molecule has 1 aliphatic rings. The van der Waals surface area contributed by atoms with Gasteiger partial charge in [0.1, 0.15) is 0 Å². The van der Waals surface area contributed by atoms with Crippen LogP contribution in [0, 0.1) is 0 Å². The quantitative estimate of drug-likeness (QED) is 0.844. The van der Waals surface area contributed by atoms with E-state index in [4.69, 9.17) is 0 Å². The molecule has 1 N–H and O–H groups in total. The van der Waals surface area contributed by atoms with Crippen LogP contribution in [0.5, 0.6) is 0 Å². The van der Waals surface area contributed by atoms with Gasteiger partial charge in [-0.2, -0.15) is 0 Å².